The molecule has 0 aliphatic heterocycles. The third kappa shape index (κ3) is 2.25. The molecule has 1 unspecified atom stereocenters. The van der Waals surface area contributed by atoms with Crippen molar-refractivity contribution in [3.05, 3.63) is 64.7 Å². The molecule has 2 aromatic carbocycles. The van der Waals surface area contributed by atoms with Gasteiger partial charge in [-0.2, -0.15) is 0 Å². The molecule has 1 atom stereocenters. The van der Waals surface area contributed by atoms with Gasteiger partial charge in [0.25, 0.3) is 5.56 Å². The minimum Gasteiger partial charge on any atom is -0.494 e. The molecular formula is C17H17N3O2. The molecule has 3 aromatic rings. The highest BCUT2D eigenvalue weighted by Crippen LogP contribution is 2.23. The topological polar surface area (TPSA) is 70.1 Å². The number of benzene rings is 2. The van der Waals surface area contributed by atoms with Gasteiger partial charge in [-0.05, 0) is 31.2 Å². The lowest BCUT2D eigenvalue weighted by molar-refractivity contribution is 0.418. The number of ether oxygens (including phenoxy) is 1. The number of aromatic nitrogens is 2. The lowest BCUT2D eigenvalue weighted by atomic mass is 10.2. The lowest BCUT2D eigenvalue weighted by Gasteiger charge is -2.16. The zero-order valence-corrected chi connectivity index (χ0v) is 12.5. The summed E-state index contributed by atoms with van der Waals surface area (Å²) in [7, 11) is 1.56. The average Bonchev–Trinajstić information content (AvgIpc) is 2.55. The smallest absolute Gasteiger partial charge is 0.266 e. The summed E-state index contributed by atoms with van der Waals surface area (Å²) in [6, 6.07) is 14.3. The highest BCUT2D eigenvalue weighted by Gasteiger charge is 2.17. The summed E-state index contributed by atoms with van der Waals surface area (Å²) in [6.07, 6.45) is 0. The van der Waals surface area contributed by atoms with E-state index >= 15 is 0 Å². The summed E-state index contributed by atoms with van der Waals surface area (Å²) < 4.78 is 6.87. The van der Waals surface area contributed by atoms with E-state index in [0.29, 0.717) is 22.5 Å². The molecule has 0 bridgehead atoms. The zero-order valence-electron chi connectivity index (χ0n) is 12.5. The van der Waals surface area contributed by atoms with Crippen molar-refractivity contribution in [1.82, 2.24) is 9.55 Å². The van der Waals surface area contributed by atoms with E-state index in [1.165, 1.54) is 0 Å². The second-order valence-electron chi connectivity index (χ2n) is 5.09. The van der Waals surface area contributed by atoms with Crippen molar-refractivity contribution in [2.45, 2.75) is 13.0 Å². The molecule has 5 heteroatoms. The fourth-order valence-corrected chi connectivity index (χ4v) is 2.50. The minimum atomic E-state index is -0.387. The second kappa shape index (κ2) is 5.61. The van der Waals surface area contributed by atoms with Gasteiger partial charge < -0.3 is 10.5 Å². The van der Waals surface area contributed by atoms with Crippen molar-refractivity contribution in [2.24, 2.45) is 5.73 Å². The number of para-hydroxylation sites is 2. The molecule has 112 valence electrons. The van der Waals surface area contributed by atoms with E-state index < -0.39 is 0 Å². The molecule has 0 saturated heterocycles. The summed E-state index contributed by atoms with van der Waals surface area (Å²) in [4.78, 5) is 17.5. The van der Waals surface area contributed by atoms with Crippen molar-refractivity contribution in [3.8, 4) is 11.4 Å². The van der Waals surface area contributed by atoms with Crippen molar-refractivity contribution in [1.29, 1.82) is 0 Å². The van der Waals surface area contributed by atoms with Gasteiger partial charge in [-0.15, -0.1) is 0 Å². The standard InChI is InChI=1S/C17H17N3O2/c1-11(18)16-19-15-13(9-6-10-14(15)22-2)17(21)20(16)12-7-4-3-5-8-12/h3-11H,18H2,1-2H3. The highest BCUT2D eigenvalue weighted by atomic mass is 16.5. The van der Waals surface area contributed by atoms with E-state index in [9.17, 15) is 4.79 Å². The highest BCUT2D eigenvalue weighted by molar-refractivity contribution is 5.84. The number of fused-ring (bicyclic) bond motifs is 1. The van der Waals surface area contributed by atoms with Gasteiger partial charge in [0, 0.05) is 0 Å². The predicted molar refractivity (Wildman–Crippen MR) is 86.5 cm³/mol. The number of methoxy groups -OCH3 is 1. The van der Waals surface area contributed by atoms with E-state index in [0.717, 1.165) is 5.69 Å². The summed E-state index contributed by atoms with van der Waals surface area (Å²) in [5.74, 6) is 1.07. The third-order valence-corrected chi connectivity index (χ3v) is 3.53. The average molecular weight is 295 g/mol. The maximum Gasteiger partial charge on any atom is 0.266 e. The SMILES string of the molecule is COc1cccc2c(=O)n(-c3ccccc3)c(C(C)N)nc12. The van der Waals surface area contributed by atoms with Crippen LogP contribution in [0.25, 0.3) is 16.6 Å². The Kier molecular flexibility index (Phi) is 3.65. The van der Waals surface area contributed by atoms with Crippen LogP contribution in [-0.2, 0) is 0 Å². The molecule has 0 saturated carbocycles. The third-order valence-electron chi connectivity index (χ3n) is 3.53. The van der Waals surface area contributed by atoms with E-state index in [1.807, 2.05) is 37.3 Å². The first kappa shape index (κ1) is 14.3. The molecule has 0 spiro atoms. The molecule has 0 fully saturated rings. The van der Waals surface area contributed by atoms with Gasteiger partial charge >= 0.3 is 0 Å². The van der Waals surface area contributed by atoms with Gasteiger partial charge in [-0.25, -0.2) is 4.98 Å². The molecule has 5 nitrogen and oxygen atoms in total. The monoisotopic (exact) mass is 295 g/mol. The number of hydrogen-bond donors (Lipinski definition) is 1. The molecule has 1 aromatic heterocycles. The van der Waals surface area contributed by atoms with Crippen molar-refractivity contribution in [3.63, 3.8) is 0 Å². The van der Waals surface area contributed by atoms with E-state index in [2.05, 4.69) is 4.98 Å². The molecule has 3 rings (SSSR count). The maximum atomic E-state index is 12.9. The van der Waals surface area contributed by atoms with Crippen LogP contribution >= 0.6 is 0 Å². The van der Waals surface area contributed by atoms with Crippen LogP contribution in [0.5, 0.6) is 5.75 Å². The quantitative estimate of drug-likeness (QED) is 0.805. The molecule has 0 aliphatic carbocycles. The first-order chi connectivity index (χ1) is 10.6. The Hall–Kier alpha value is -2.66. The fourth-order valence-electron chi connectivity index (χ4n) is 2.50. The second-order valence-corrected chi connectivity index (χ2v) is 5.09. The van der Waals surface area contributed by atoms with Crippen molar-refractivity contribution < 1.29 is 4.74 Å². The Morgan fingerprint density at radius 2 is 1.86 bits per heavy atom. The van der Waals surface area contributed by atoms with Crippen LogP contribution in [0.15, 0.2) is 53.3 Å². The number of nitrogens with zero attached hydrogens (tertiary/aromatic N) is 2. The van der Waals surface area contributed by atoms with Crippen LogP contribution in [0.4, 0.5) is 0 Å². The van der Waals surface area contributed by atoms with Crippen LogP contribution in [0.1, 0.15) is 18.8 Å². The Labute approximate surface area is 128 Å². The lowest BCUT2D eigenvalue weighted by Crippen LogP contribution is -2.27. The van der Waals surface area contributed by atoms with Crippen LogP contribution in [0, 0.1) is 0 Å². The molecule has 0 radical (unpaired) electrons. The number of hydrogen-bond acceptors (Lipinski definition) is 4. The molecule has 1 heterocycles. The van der Waals surface area contributed by atoms with Gasteiger partial charge in [-0.3, -0.25) is 9.36 Å². The van der Waals surface area contributed by atoms with Gasteiger partial charge in [-0.1, -0.05) is 24.3 Å². The summed E-state index contributed by atoms with van der Waals surface area (Å²) in [6.45, 7) is 1.81. The predicted octanol–water partition coefficient (Wildman–Crippen LogP) is 2.41. The first-order valence-corrected chi connectivity index (χ1v) is 7.04. The number of nitrogens with two attached hydrogens (primary N) is 1. The van der Waals surface area contributed by atoms with Crippen LogP contribution in [0.2, 0.25) is 0 Å². The molecule has 22 heavy (non-hydrogen) atoms. The summed E-state index contributed by atoms with van der Waals surface area (Å²) >= 11 is 0. The number of rotatable bonds is 3. The van der Waals surface area contributed by atoms with E-state index in [1.54, 1.807) is 29.9 Å². The van der Waals surface area contributed by atoms with Gasteiger partial charge in [0.05, 0.1) is 24.2 Å². The molecular weight excluding hydrogens is 278 g/mol. The Balaban J connectivity index is 2.44. The van der Waals surface area contributed by atoms with E-state index in [-0.39, 0.29) is 11.6 Å². The van der Waals surface area contributed by atoms with Gasteiger partial charge in [0.15, 0.2) is 0 Å². The Morgan fingerprint density at radius 1 is 1.14 bits per heavy atom. The van der Waals surface area contributed by atoms with Crippen LogP contribution in [-0.4, -0.2) is 16.7 Å². The Bertz CT molecular complexity index is 870. The summed E-state index contributed by atoms with van der Waals surface area (Å²) in [5.41, 5.74) is 7.17. The normalized spacial score (nSPS) is 12.3. The largest absolute Gasteiger partial charge is 0.494 e. The fraction of sp³-hybridized carbons (Fsp3) is 0.176. The zero-order chi connectivity index (χ0) is 15.7. The van der Waals surface area contributed by atoms with Gasteiger partial charge in [0.1, 0.15) is 17.1 Å². The van der Waals surface area contributed by atoms with Crippen molar-refractivity contribution in [2.75, 3.05) is 7.11 Å². The maximum absolute atomic E-state index is 12.9. The molecule has 0 amide bonds. The Morgan fingerprint density at radius 3 is 2.50 bits per heavy atom. The minimum absolute atomic E-state index is 0.151. The molecule has 0 aliphatic rings. The molecule has 2 N–H and O–H groups in total. The van der Waals surface area contributed by atoms with Crippen LogP contribution < -0.4 is 16.0 Å². The van der Waals surface area contributed by atoms with Crippen molar-refractivity contribution >= 4 is 10.9 Å². The summed E-state index contributed by atoms with van der Waals surface area (Å²) in [5, 5.41) is 0.507. The van der Waals surface area contributed by atoms with Gasteiger partial charge in [0.2, 0.25) is 0 Å². The first-order valence-electron chi connectivity index (χ1n) is 7.04. The van der Waals surface area contributed by atoms with E-state index in [4.69, 9.17) is 10.5 Å². The van der Waals surface area contributed by atoms with Crippen LogP contribution in [0.3, 0.4) is 0 Å².